The SMILES string of the molecule is CSc1cc2c(c(Br)n1)OC[C@@H](C)O2. The second kappa shape index (κ2) is 3.98. The Hall–Kier alpha value is -0.420. The van der Waals surface area contributed by atoms with Gasteiger partial charge in [-0.1, -0.05) is 0 Å². The molecule has 1 atom stereocenters. The Kier molecular flexibility index (Phi) is 2.88. The third-order valence-electron chi connectivity index (χ3n) is 1.87. The minimum Gasteiger partial charge on any atom is -0.483 e. The standard InChI is InChI=1S/C9H10BrNO2S/c1-5-4-12-8-6(13-5)3-7(14-2)11-9(8)10/h3,5H,4H2,1-2H3/t5-/m1/s1. The maximum atomic E-state index is 5.65. The number of hydrogen-bond donors (Lipinski definition) is 0. The van der Waals surface area contributed by atoms with Crippen LogP contribution in [0.3, 0.4) is 0 Å². The molecule has 0 unspecified atom stereocenters. The normalized spacial score (nSPS) is 19.5. The molecule has 0 spiro atoms. The van der Waals surface area contributed by atoms with Crippen LogP contribution >= 0.6 is 27.7 Å². The molecule has 5 heteroatoms. The van der Waals surface area contributed by atoms with Gasteiger partial charge in [0.2, 0.25) is 0 Å². The Labute approximate surface area is 95.3 Å². The molecule has 1 aromatic heterocycles. The molecule has 0 N–H and O–H groups in total. The fraction of sp³-hybridized carbons (Fsp3) is 0.444. The largest absolute Gasteiger partial charge is 0.483 e. The van der Waals surface area contributed by atoms with Crippen LogP contribution in [-0.4, -0.2) is 24.0 Å². The smallest absolute Gasteiger partial charge is 0.194 e. The molecule has 0 aliphatic carbocycles. The van der Waals surface area contributed by atoms with Crippen LogP contribution in [0.1, 0.15) is 6.92 Å². The predicted molar refractivity (Wildman–Crippen MR) is 59.3 cm³/mol. The van der Waals surface area contributed by atoms with Crippen LogP contribution in [0.4, 0.5) is 0 Å². The zero-order valence-electron chi connectivity index (χ0n) is 7.91. The molecule has 2 heterocycles. The maximum Gasteiger partial charge on any atom is 0.194 e. The first-order valence-electron chi connectivity index (χ1n) is 4.24. The van der Waals surface area contributed by atoms with Crippen molar-refractivity contribution in [3.63, 3.8) is 0 Å². The molecule has 0 saturated carbocycles. The molecule has 0 fully saturated rings. The monoisotopic (exact) mass is 275 g/mol. The van der Waals surface area contributed by atoms with Crippen molar-refractivity contribution in [1.29, 1.82) is 0 Å². The molecule has 3 nitrogen and oxygen atoms in total. The van der Waals surface area contributed by atoms with Gasteiger partial charge in [-0.3, -0.25) is 0 Å². The molecule has 0 saturated heterocycles. The Balaban J connectivity index is 2.43. The van der Waals surface area contributed by atoms with Crippen molar-refractivity contribution in [2.45, 2.75) is 18.1 Å². The molecule has 0 amide bonds. The van der Waals surface area contributed by atoms with Gasteiger partial charge in [0.15, 0.2) is 16.1 Å². The van der Waals surface area contributed by atoms with Gasteiger partial charge in [0.05, 0.1) is 0 Å². The van der Waals surface area contributed by atoms with Gasteiger partial charge in [0, 0.05) is 6.07 Å². The van der Waals surface area contributed by atoms with Gasteiger partial charge in [-0.2, -0.15) is 0 Å². The summed E-state index contributed by atoms with van der Waals surface area (Å²) in [5.41, 5.74) is 0. The van der Waals surface area contributed by atoms with E-state index in [2.05, 4.69) is 20.9 Å². The number of thioether (sulfide) groups is 1. The molecular weight excluding hydrogens is 266 g/mol. The molecule has 76 valence electrons. The highest BCUT2D eigenvalue weighted by Gasteiger charge is 2.21. The number of pyridine rings is 1. The van der Waals surface area contributed by atoms with E-state index in [1.165, 1.54) is 0 Å². The van der Waals surface area contributed by atoms with Crippen molar-refractivity contribution in [1.82, 2.24) is 4.98 Å². The Morgan fingerprint density at radius 1 is 1.64 bits per heavy atom. The van der Waals surface area contributed by atoms with Crippen molar-refractivity contribution in [3.05, 3.63) is 10.7 Å². The molecular formula is C9H10BrNO2S. The number of fused-ring (bicyclic) bond motifs is 1. The Bertz CT molecular complexity index is 359. The van der Waals surface area contributed by atoms with Gasteiger partial charge >= 0.3 is 0 Å². The van der Waals surface area contributed by atoms with Crippen LogP contribution in [0, 0.1) is 0 Å². The molecule has 1 aliphatic rings. The molecule has 14 heavy (non-hydrogen) atoms. The maximum absolute atomic E-state index is 5.65. The molecule has 1 aliphatic heterocycles. The molecule has 2 rings (SSSR count). The summed E-state index contributed by atoms with van der Waals surface area (Å²) >= 11 is 4.94. The average molecular weight is 276 g/mol. The number of aromatic nitrogens is 1. The lowest BCUT2D eigenvalue weighted by atomic mass is 10.3. The third-order valence-corrected chi connectivity index (χ3v) is 3.04. The summed E-state index contributed by atoms with van der Waals surface area (Å²) in [6, 6.07) is 1.90. The predicted octanol–water partition coefficient (Wildman–Crippen LogP) is 2.73. The van der Waals surface area contributed by atoms with Crippen LogP contribution in [0.25, 0.3) is 0 Å². The highest BCUT2D eigenvalue weighted by Crippen LogP contribution is 2.39. The van der Waals surface area contributed by atoms with Gasteiger partial charge in [-0.05, 0) is 29.1 Å². The zero-order chi connectivity index (χ0) is 10.1. The van der Waals surface area contributed by atoms with Gasteiger partial charge in [0.25, 0.3) is 0 Å². The molecule has 1 aromatic rings. The van der Waals surface area contributed by atoms with Crippen molar-refractivity contribution >= 4 is 27.7 Å². The van der Waals surface area contributed by atoms with Gasteiger partial charge in [0.1, 0.15) is 17.7 Å². The summed E-state index contributed by atoms with van der Waals surface area (Å²) in [6.45, 7) is 2.56. The van der Waals surface area contributed by atoms with Gasteiger partial charge in [-0.25, -0.2) is 4.98 Å². The second-order valence-electron chi connectivity index (χ2n) is 3.02. The fourth-order valence-electron chi connectivity index (χ4n) is 1.23. The van der Waals surface area contributed by atoms with Crippen molar-refractivity contribution in [2.24, 2.45) is 0 Å². The zero-order valence-corrected chi connectivity index (χ0v) is 10.3. The van der Waals surface area contributed by atoms with E-state index >= 15 is 0 Å². The van der Waals surface area contributed by atoms with Crippen LogP contribution in [0.5, 0.6) is 11.5 Å². The second-order valence-corrected chi connectivity index (χ2v) is 4.60. The van der Waals surface area contributed by atoms with E-state index in [0.29, 0.717) is 17.0 Å². The number of rotatable bonds is 1. The molecule has 0 aromatic carbocycles. The first kappa shape index (κ1) is 10.1. The van der Waals surface area contributed by atoms with Gasteiger partial charge < -0.3 is 9.47 Å². The lowest BCUT2D eigenvalue weighted by Crippen LogP contribution is -2.26. The Morgan fingerprint density at radius 3 is 3.14 bits per heavy atom. The highest BCUT2D eigenvalue weighted by molar-refractivity contribution is 9.10. The minimum atomic E-state index is 0.103. The summed E-state index contributed by atoms with van der Waals surface area (Å²) in [5, 5.41) is 0.924. The van der Waals surface area contributed by atoms with E-state index in [-0.39, 0.29) is 6.10 Å². The molecule has 0 radical (unpaired) electrons. The fourth-order valence-corrected chi connectivity index (χ4v) is 2.26. The summed E-state index contributed by atoms with van der Waals surface area (Å²) in [6.07, 6.45) is 2.08. The highest BCUT2D eigenvalue weighted by atomic mass is 79.9. The third kappa shape index (κ3) is 1.83. The van der Waals surface area contributed by atoms with E-state index in [1.54, 1.807) is 11.8 Å². The van der Waals surface area contributed by atoms with Crippen LogP contribution in [0.2, 0.25) is 0 Å². The van der Waals surface area contributed by atoms with Gasteiger partial charge in [-0.15, -0.1) is 11.8 Å². The van der Waals surface area contributed by atoms with Crippen molar-refractivity contribution < 1.29 is 9.47 Å². The molecule has 0 bridgehead atoms. The number of halogens is 1. The van der Waals surface area contributed by atoms with Crippen LogP contribution in [-0.2, 0) is 0 Å². The summed E-state index contributed by atoms with van der Waals surface area (Å²) in [7, 11) is 0. The average Bonchev–Trinajstić information content (AvgIpc) is 2.16. The summed E-state index contributed by atoms with van der Waals surface area (Å²) in [4.78, 5) is 4.30. The lowest BCUT2D eigenvalue weighted by molar-refractivity contribution is 0.102. The van der Waals surface area contributed by atoms with E-state index in [4.69, 9.17) is 9.47 Å². The first-order chi connectivity index (χ1) is 6.70. The number of ether oxygens (including phenoxy) is 2. The number of nitrogens with zero attached hydrogens (tertiary/aromatic N) is 1. The summed E-state index contributed by atoms with van der Waals surface area (Å²) in [5.74, 6) is 1.48. The lowest BCUT2D eigenvalue weighted by Gasteiger charge is -2.24. The van der Waals surface area contributed by atoms with E-state index in [0.717, 1.165) is 10.8 Å². The minimum absolute atomic E-state index is 0.103. The van der Waals surface area contributed by atoms with E-state index in [1.807, 2.05) is 19.2 Å². The van der Waals surface area contributed by atoms with Crippen LogP contribution in [0.15, 0.2) is 15.7 Å². The summed E-state index contributed by atoms with van der Waals surface area (Å²) < 4.78 is 11.9. The first-order valence-corrected chi connectivity index (χ1v) is 6.26. The number of hydrogen-bond acceptors (Lipinski definition) is 4. The Morgan fingerprint density at radius 2 is 2.43 bits per heavy atom. The van der Waals surface area contributed by atoms with E-state index < -0.39 is 0 Å². The van der Waals surface area contributed by atoms with Crippen molar-refractivity contribution in [3.8, 4) is 11.5 Å². The topological polar surface area (TPSA) is 31.4 Å². The van der Waals surface area contributed by atoms with Crippen molar-refractivity contribution in [2.75, 3.05) is 12.9 Å². The quantitative estimate of drug-likeness (QED) is 0.583. The van der Waals surface area contributed by atoms with Crippen LogP contribution < -0.4 is 9.47 Å². The van der Waals surface area contributed by atoms with E-state index in [9.17, 15) is 0 Å².